The number of aryl methyl sites for hydroxylation is 1. The maximum absolute atomic E-state index is 12.7. The lowest BCUT2D eigenvalue weighted by atomic mass is 10.1. The van der Waals surface area contributed by atoms with Crippen LogP contribution < -0.4 is 0 Å². The number of carbonyl (C=O) groups excluding carboxylic acids is 1. The highest BCUT2D eigenvalue weighted by Crippen LogP contribution is 2.28. The fourth-order valence-corrected chi connectivity index (χ4v) is 6.26. The molecule has 3 aromatic rings. The van der Waals surface area contributed by atoms with Gasteiger partial charge in [-0.25, -0.2) is 8.42 Å². The number of thiophene rings is 1. The summed E-state index contributed by atoms with van der Waals surface area (Å²) < 4.78 is 27.4. The number of piperazine rings is 1. The van der Waals surface area contributed by atoms with Gasteiger partial charge in [-0.3, -0.25) is 4.79 Å². The van der Waals surface area contributed by atoms with E-state index in [0.717, 1.165) is 22.5 Å². The van der Waals surface area contributed by atoms with Crippen LogP contribution in [0.5, 0.6) is 0 Å². The van der Waals surface area contributed by atoms with Gasteiger partial charge in [-0.05, 0) is 29.8 Å². The molecule has 0 atom stereocenters. The Hall–Kier alpha value is -2.34. The first-order valence-corrected chi connectivity index (χ1v) is 11.8. The number of benzene rings is 1. The number of carbonyl (C=O) groups is 1. The van der Waals surface area contributed by atoms with Crippen LogP contribution in [0.2, 0.25) is 4.34 Å². The predicted octanol–water partition coefficient (Wildman–Crippen LogP) is 1.90. The highest BCUT2D eigenvalue weighted by atomic mass is 35.5. The highest BCUT2D eigenvalue weighted by Gasteiger charge is 2.31. The summed E-state index contributed by atoms with van der Waals surface area (Å²) in [5.41, 5.74) is 1.89. The molecule has 3 heterocycles. The van der Waals surface area contributed by atoms with Crippen LogP contribution in [-0.2, 0) is 21.4 Å². The molecule has 9 nitrogen and oxygen atoms in total. The molecule has 30 heavy (non-hydrogen) atoms. The van der Waals surface area contributed by atoms with Crippen molar-refractivity contribution in [2.75, 3.05) is 26.2 Å². The molecule has 1 aliphatic rings. The first-order chi connectivity index (χ1) is 14.3. The molecule has 2 aromatic heterocycles. The lowest BCUT2D eigenvalue weighted by molar-refractivity contribution is -0.133. The third-order valence-electron chi connectivity index (χ3n) is 4.85. The summed E-state index contributed by atoms with van der Waals surface area (Å²) in [5, 5.41) is 12.3. The van der Waals surface area contributed by atoms with Crippen LogP contribution in [0.15, 0.2) is 40.6 Å². The summed E-state index contributed by atoms with van der Waals surface area (Å²) in [6.07, 6.45) is 0. The molecule has 0 aliphatic carbocycles. The summed E-state index contributed by atoms with van der Waals surface area (Å²) in [6.45, 7) is 2.96. The van der Waals surface area contributed by atoms with E-state index >= 15 is 0 Å². The number of sulfonamides is 1. The van der Waals surface area contributed by atoms with Crippen molar-refractivity contribution >= 4 is 38.9 Å². The molecule has 1 saturated heterocycles. The largest absolute Gasteiger partial charge is 0.338 e. The zero-order chi connectivity index (χ0) is 21.3. The first-order valence-electron chi connectivity index (χ1n) is 9.21. The molecule has 0 unspecified atom stereocenters. The Bertz CT molecular complexity index is 1170. The minimum absolute atomic E-state index is 0.0494. The summed E-state index contributed by atoms with van der Waals surface area (Å²) in [5.74, 6) is 0.284. The van der Waals surface area contributed by atoms with Crippen molar-refractivity contribution in [1.29, 1.82) is 0 Å². The Kier molecular flexibility index (Phi) is 5.87. The minimum Gasteiger partial charge on any atom is -0.338 e. The lowest BCUT2D eigenvalue weighted by Crippen LogP contribution is -2.51. The SMILES string of the molecule is Cc1ccccc1-c1nnn(CC(=O)N2CCN(S(=O)(=O)c3ccc(Cl)s3)CC2)n1. The van der Waals surface area contributed by atoms with E-state index in [9.17, 15) is 13.2 Å². The molecule has 1 aromatic carbocycles. The highest BCUT2D eigenvalue weighted by molar-refractivity contribution is 7.91. The van der Waals surface area contributed by atoms with Gasteiger partial charge in [0.1, 0.15) is 10.8 Å². The van der Waals surface area contributed by atoms with Gasteiger partial charge >= 0.3 is 0 Å². The van der Waals surface area contributed by atoms with E-state index in [1.54, 1.807) is 11.0 Å². The van der Waals surface area contributed by atoms with Gasteiger partial charge < -0.3 is 4.90 Å². The molecule has 4 rings (SSSR count). The number of tetrazole rings is 1. The van der Waals surface area contributed by atoms with Gasteiger partial charge in [0.25, 0.3) is 10.0 Å². The van der Waals surface area contributed by atoms with Crippen molar-refractivity contribution in [3.8, 4) is 11.4 Å². The maximum Gasteiger partial charge on any atom is 0.252 e. The molecular formula is C18H19ClN6O3S2. The summed E-state index contributed by atoms with van der Waals surface area (Å²) >= 11 is 6.89. The molecule has 1 fully saturated rings. The molecule has 1 amide bonds. The van der Waals surface area contributed by atoms with Crippen molar-refractivity contribution in [3.05, 3.63) is 46.3 Å². The Morgan fingerprint density at radius 3 is 2.53 bits per heavy atom. The van der Waals surface area contributed by atoms with E-state index in [2.05, 4.69) is 15.4 Å². The van der Waals surface area contributed by atoms with E-state index < -0.39 is 10.0 Å². The van der Waals surface area contributed by atoms with E-state index in [-0.39, 0.29) is 29.8 Å². The molecule has 1 aliphatic heterocycles. The second-order valence-electron chi connectivity index (χ2n) is 6.80. The third kappa shape index (κ3) is 4.24. The molecule has 0 saturated carbocycles. The van der Waals surface area contributed by atoms with Crippen molar-refractivity contribution < 1.29 is 13.2 Å². The Morgan fingerprint density at radius 2 is 1.87 bits per heavy atom. The van der Waals surface area contributed by atoms with Crippen LogP contribution in [0.3, 0.4) is 0 Å². The van der Waals surface area contributed by atoms with Gasteiger partial charge in [0.15, 0.2) is 0 Å². The van der Waals surface area contributed by atoms with Crippen LogP contribution in [0.1, 0.15) is 5.56 Å². The minimum atomic E-state index is -3.59. The van der Waals surface area contributed by atoms with Crippen LogP contribution in [-0.4, -0.2) is 69.9 Å². The smallest absolute Gasteiger partial charge is 0.252 e. The molecule has 0 radical (unpaired) electrons. The monoisotopic (exact) mass is 466 g/mol. The third-order valence-corrected chi connectivity index (χ3v) is 8.45. The predicted molar refractivity (Wildman–Crippen MR) is 113 cm³/mol. The Morgan fingerprint density at radius 1 is 1.13 bits per heavy atom. The number of hydrogen-bond acceptors (Lipinski definition) is 7. The van der Waals surface area contributed by atoms with E-state index in [1.165, 1.54) is 15.2 Å². The second kappa shape index (κ2) is 8.42. The second-order valence-corrected chi connectivity index (χ2v) is 10.7. The number of nitrogens with zero attached hydrogens (tertiary/aromatic N) is 6. The van der Waals surface area contributed by atoms with Gasteiger partial charge in [0.05, 0.1) is 4.34 Å². The molecule has 0 bridgehead atoms. The zero-order valence-corrected chi connectivity index (χ0v) is 18.5. The van der Waals surface area contributed by atoms with Gasteiger partial charge in [-0.15, -0.1) is 21.5 Å². The standard InChI is InChI=1S/C18H19ClN6O3S2/c1-13-4-2-3-5-14(13)18-20-22-25(21-18)12-16(26)23-8-10-24(11-9-23)30(27,28)17-7-6-15(19)29-17/h2-7H,8-12H2,1H3. The quantitative estimate of drug-likeness (QED) is 0.569. The summed E-state index contributed by atoms with van der Waals surface area (Å²) in [4.78, 5) is 15.5. The fourth-order valence-electron chi connectivity index (χ4n) is 3.20. The van der Waals surface area contributed by atoms with Crippen LogP contribution >= 0.6 is 22.9 Å². The maximum atomic E-state index is 12.7. The van der Waals surface area contributed by atoms with Crippen LogP contribution in [0, 0.1) is 6.92 Å². The summed E-state index contributed by atoms with van der Waals surface area (Å²) in [7, 11) is -3.59. The number of halogens is 1. The van der Waals surface area contributed by atoms with Gasteiger partial charge in [-0.1, -0.05) is 35.9 Å². The normalized spacial score (nSPS) is 15.5. The van der Waals surface area contributed by atoms with E-state index in [0.29, 0.717) is 23.3 Å². The molecule has 0 spiro atoms. The van der Waals surface area contributed by atoms with Gasteiger partial charge in [-0.2, -0.15) is 9.10 Å². The molecular weight excluding hydrogens is 448 g/mol. The van der Waals surface area contributed by atoms with Crippen molar-refractivity contribution in [2.45, 2.75) is 17.7 Å². The average molecular weight is 467 g/mol. The van der Waals surface area contributed by atoms with Gasteiger partial charge in [0.2, 0.25) is 11.7 Å². The van der Waals surface area contributed by atoms with Crippen molar-refractivity contribution in [1.82, 2.24) is 29.4 Å². The lowest BCUT2D eigenvalue weighted by Gasteiger charge is -2.33. The fraction of sp³-hybridized carbons (Fsp3) is 0.333. The number of rotatable bonds is 5. The van der Waals surface area contributed by atoms with Crippen molar-refractivity contribution in [3.63, 3.8) is 0 Å². The number of aromatic nitrogens is 4. The van der Waals surface area contributed by atoms with Gasteiger partial charge in [0, 0.05) is 31.7 Å². The van der Waals surface area contributed by atoms with E-state index in [4.69, 9.17) is 11.6 Å². The number of hydrogen-bond donors (Lipinski definition) is 0. The molecule has 0 N–H and O–H groups in total. The first kappa shape index (κ1) is 20.9. The van der Waals surface area contributed by atoms with E-state index in [1.807, 2.05) is 31.2 Å². The average Bonchev–Trinajstić information content (AvgIpc) is 3.38. The zero-order valence-electron chi connectivity index (χ0n) is 16.1. The van der Waals surface area contributed by atoms with Crippen LogP contribution in [0.4, 0.5) is 0 Å². The summed E-state index contributed by atoms with van der Waals surface area (Å²) in [6, 6.07) is 10.8. The topological polar surface area (TPSA) is 101 Å². The Balaban J connectivity index is 1.37. The molecule has 12 heteroatoms. The molecule has 158 valence electrons. The van der Waals surface area contributed by atoms with Crippen molar-refractivity contribution in [2.24, 2.45) is 0 Å². The Labute approximate surface area is 182 Å². The van der Waals surface area contributed by atoms with Crippen LogP contribution in [0.25, 0.3) is 11.4 Å². The number of amides is 1.